The van der Waals surface area contributed by atoms with Gasteiger partial charge in [0.15, 0.2) is 5.12 Å². The first kappa shape index (κ1) is 7.60. The molecular weight excluding hydrogens is 152 g/mol. The van der Waals surface area contributed by atoms with Gasteiger partial charge in [0.05, 0.1) is 13.0 Å². The molecule has 0 N–H and O–H groups in total. The van der Waals surface area contributed by atoms with E-state index in [1.165, 1.54) is 18.9 Å². The second-order valence-corrected chi connectivity index (χ2v) is 3.18. The fourth-order valence-electron chi connectivity index (χ4n) is 0.831. The monoisotopic (exact) mass is 160 g/mol. The summed E-state index contributed by atoms with van der Waals surface area (Å²) in [7, 11) is 1.34. The predicted molar refractivity (Wildman–Crippen MR) is 37.6 cm³/mol. The first-order valence-corrected chi connectivity index (χ1v) is 3.96. The Morgan fingerprint density at radius 3 is 2.90 bits per heavy atom. The van der Waals surface area contributed by atoms with Gasteiger partial charge < -0.3 is 4.74 Å². The van der Waals surface area contributed by atoms with Crippen LogP contribution in [0.25, 0.3) is 0 Å². The summed E-state index contributed by atoms with van der Waals surface area (Å²) in [6, 6.07) is 0. The molecule has 1 atom stereocenters. The number of rotatable bonds is 1. The van der Waals surface area contributed by atoms with Crippen molar-refractivity contribution in [1.82, 2.24) is 0 Å². The molecular formula is C6H8O3S. The largest absolute Gasteiger partial charge is 0.469 e. The van der Waals surface area contributed by atoms with Crippen LogP contribution in [0.5, 0.6) is 0 Å². The van der Waals surface area contributed by atoms with E-state index in [0.717, 1.165) is 0 Å². The van der Waals surface area contributed by atoms with Gasteiger partial charge in [-0.05, 0) is 0 Å². The molecule has 1 aliphatic rings. The van der Waals surface area contributed by atoms with Crippen molar-refractivity contribution in [3.05, 3.63) is 0 Å². The number of esters is 1. The van der Waals surface area contributed by atoms with Crippen LogP contribution < -0.4 is 0 Å². The minimum atomic E-state index is -0.265. The molecule has 3 nitrogen and oxygen atoms in total. The third kappa shape index (κ3) is 1.50. The van der Waals surface area contributed by atoms with E-state index in [0.29, 0.717) is 12.2 Å². The molecule has 0 aromatic rings. The van der Waals surface area contributed by atoms with Gasteiger partial charge >= 0.3 is 5.97 Å². The van der Waals surface area contributed by atoms with Crippen molar-refractivity contribution in [3.63, 3.8) is 0 Å². The lowest BCUT2D eigenvalue weighted by atomic mass is 10.1. The predicted octanol–water partition coefficient (Wildman–Crippen LogP) is 0.439. The van der Waals surface area contributed by atoms with Crippen molar-refractivity contribution >= 4 is 22.8 Å². The maximum atomic E-state index is 10.8. The summed E-state index contributed by atoms with van der Waals surface area (Å²) in [6.45, 7) is 0. The number of carbonyl (C=O) groups is 2. The maximum Gasteiger partial charge on any atom is 0.309 e. The standard InChI is InChI=1S/C6H8O3S/c1-9-6(8)4-2-5(7)10-3-4/h4H,2-3H2,1H3. The Morgan fingerprint density at radius 1 is 1.80 bits per heavy atom. The lowest BCUT2D eigenvalue weighted by molar-refractivity contribution is -0.145. The molecule has 1 rings (SSSR count). The van der Waals surface area contributed by atoms with E-state index >= 15 is 0 Å². The summed E-state index contributed by atoms with van der Waals surface area (Å²) in [6.07, 6.45) is 0.345. The Morgan fingerprint density at radius 2 is 2.50 bits per heavy atom. The molecule has 0 bridgehead atoms. The zero-order valence-corrected chi connectivity index (χ0v) is 6.44. The Kier molecular flexibility index (Phi) is 2.32. The van der Waals surface area contributed by atoms with Crippen LogP contribution in [0.2, 0.25) is 0 Å². The molecule has 10 heavy (non-hydrogen) atoms. The molecule has 0 aromatic carbocycles. The van der Waals surface area contributed by atoms with Gasteiger partial charge in [0, 0.05) is 12.2 Å². The highest BCUT2D eigenvalue weighted by Crippen LogP contribution is 2.25. The van der Waals surface area contributed by atoms with Gasteiger partial charge in [-0.15, -0.1) is 0 Å². The van der Waals surface area contributed by atoms with Crippen molar-refractivity contribution in [2.24, 2.45) is 5.92 Å². The fourth-order valence-corrected chi connectivity index (χ4v) is 1.79. The molecule has 56 valence electrons. The van der Waals surface area contributed by atoms with E-state index in [4.69, 9.17) is 0 Å². The molecule has 1 aliphatic heterocycles. The zero-order chi connectivity index (χ0) is 7.56. The second kappa shape index (κ2) is 3.05. The summed E-state index contributed by atoms with van der Waals surface area (Å²) in [4.78, 5) is 21.4. The molecule has 0 aromatic heterocycles. The lowest BCUT2D eigenvalue weighted by Crippen LogP contribution is -2.15. The van der Waals surface area contributed by atoms with Crippen LogP contribution in [0, 0.1) is 5.92 Å². The second-order valence-electron chi connectivity index (χ2n) is 2.11. The van der Waals surface area contributed by atoms with Crippen molar-refractivity contribution < 1.29 is 14.3 Å². The highest BCUT2D eigenvalue weighted by atomic mass is 32.2. The normalized spacial score (nSPS) is 24.9. The molecule has 1 heterocycles. The summed E-state index contributed by atoms with van der Waals surface area (Å²) in [5.41, 5.74) is 0. The van der Waals surface area contributed by atoms with Gasteiger partial charge in [-0.2, -0.15) is 0 Å². The van der Waals surface area contributed by atoms with Crippen LogP contribution in [0.1, 0.15) is 6.42 Å². The summed E-state index contributed by atoms with van der Waals surface area (Å²) in [5, 5.41) is 0.0930. The van der Waals surface area contributed by atoms with Gasteiger partial charge in [0.1, 0.15) is 0 Å². The molecule has 0 aliphatic carbocycles. The highest BCUT2D eigenvalue weighted by Gasteiger charge is 2.29. The first-order valence-electron chi connectivity index (χ1n) is 2.97. The molecule has 0 spiro atoms. The van der Waals surface area contributed by atoms with Gasteiger partial charge in [-0.3, -0.25) is 9.59 Å². The SMILES string of the molecule is COC(=O)C1CSC(=O)C1. The average Bonchev–Trinajstić information content (AvgIpc) is 2.34. The quantitative estimate of drug-likeness (QED) is 0.522. The van der Waals surface area contributed by atoms with Crippen LogP contribution in [0.3, 0.4) is 0 Å². The molecule has 1 unspecified atom stereocenters. The van der Waals surface area contributed by atoms with Crippen molar-refractivity contribution in [1.29, 1.82) is 0 Å². The number of carbonyl (C=O) groups excluding carboxylic acids is 2. The number of thioether (sulfide) groups is 1. The molecule has 0 amide bonds. The summed E-state index contributed by atoms with van der Waals surface area (Å²) in [5.74, 6) is 0.131. The van der Waals surface area contributed by atoms with Crippen LogP contribution in [-0.2, 0) is 14.3 Å². The van der Waals surface area contributed by atoms with E-state index in [2.05, 4.69) is 4.74 Å². The smallest absolute Gasteiger partial charge is 0.309 e. The minimum absolute atomic E-state index is 0.0930. The number of hydrogen-bond acceptors (Lipinski definition) is 4. The van der Waals surface area contributed by atoms with Gasteiger partial charge in [0.2, 0.25) is 0 Å². The van der Waals surface area contributed by atoms with Gasteiger partial charge in [-0.25, -0.2) is 0 Å². The molecule has 4 heteroatoms. The van der Waals surface area contributed by atoms with Crippen LogP contribution in [0.4, 0.5) is 0 Å². The Balaban J connectivity index is 2.44. The third-order valence-corrected chi connectivity index (χ3v) is 2.45. The van der Waals surface area contributed by atoms with Crippen molar-refractivity contribution in [2.45, 2.75) is 6.42 Å². The van der Waals surface area contributed by atoms with Crippen molar-refractivity contribution in [3.8, 4) is 0 Å². The molecule has 1 fully saturated rings. The van der Waals surface area contributed by atoms with E-state index in [-0.39, 0.29) is 17.0 Å². The van der Waals surface area contributed by atoms with E-state index in [1.54, 1.807) is 0 Å². The van der Waals surface area contributed by atoms with E-state index < -0.39 is 0 Å². The lowest BCUT2D eigenvalue weighted by Gasteiger charge is -2.01. The topological polar surface area (TPSA) is 43.4 Å². The van der Waals surface area contributed by atoms with Crippen LogP contribution >= 0.6 is 11.8 Å². The van der Waals surface area contributed by atoms with Crippen molar-refractivity contribution in [2.75, 3.05) is 12.9 Å². The van der Waals surface area contributed by atoms with E-state index in [9.17, 15) is 9.59 Å². The third-order valence-electron chi connectivity index (χ3n) is 1.39. The number of ether oxygens (including phenoxy) is 1. The minimum Gasteiger partial charge on any atom is -0.469 e. The van der Waals surface area contributed by atoms with Crippen LogP contribution in [0.15, 0.2) is 0 Å². The first-order chi connectivity index (χ1) is 4.74. The maximum absolute atomic E-state index is 10.8. The summed E-state index contributed by atoms with van der Waals surface area (Å²) >= 11 is 1.21. The fraction of sp³-hybridized carbons (Fsp3) is 0.667. The molecule has 1 saturated heterocycles. The molecule has 0 saturated carbocycles. The highest BCUT2D eigenvalue weighted by molar-refractivity contribution is 8.14. The average molecular weight is 160 g/mol. The van der Waals surface area contributed by atoms with Crippen LogP contribution in [-0.4, -0.2) is 23.9 Å². The van der Waals surface area contributed by atoms with Gasteiger partial charge in [0.25, 0.3) is 0 Å². The number of methoxy groups -OCH3 is 1. The Bertz CT molecular complexity index is 166. The number of hydrogen-bond donors (Lipinski definition) is 0. The Labute approximate surface area is 63.1 Å². The van der Waals surface area contributed by atoms with Gasteiger partial charge in [-0.1, -0.05) is 11.8 Å². The zero-order valence-electron chi connectivity index (χ0n) is 5.62. The molecule has 0 radical (unpaired) electrons. The summed E-state index contributed by atoms with van der Waals surface area (Å²) < 4.78 is 4.48. The van der Waals surface area contributed by atoms with E-state index in [1.807, 2.05) is 0 Å². The Hall–Kier alpha value is -0.510.